The molecule has 1 rings (SSSR count). The maximum atomic E-state index is 12.2. The molecule has 1 aromatic carbocycles. The predicted octanol–water partition coefficient (Wildman–Crippen LogP) is 3.53. The Morgan fingerprint density at radius 2 is 1.57 bits per heavy atom. The van der Waals surface area contributed by atoms with Crippen LogP contribution in [0.15, 0.2) is 18.2 Å². The maximum Gasteiger partial charge on any atom is 0.316 e. The summed E-state index contributed by atoms with van der Waals surface area (Å²) < 4.78 is 5.21. The number of phenolic OH excluding ortho intramolecular Hbond substituents is 1. The lowest BCUT2D eigenvalue weighted by molar-refractivity contribution is -0.143. The van der Waals surface area contributed by atoms with E-state index in [1.807, 2.05) is 0 Å². The molecule has 0 heterocycles. The number of Topliss-reactive ketones (excluding diaryl/α,β-unsaturated/α-hetero) is 2. The van der Waals surface area contributed by atoms with E-state index in [0.717, 1.165) is 0 Å². The summed E-state index contributed by atoms with van der Waals surface area (Å²) >= 11 is 0. The van der Waals surface area contributed by atoms with Gasteiger partial charge in [0.15, 0.2) is 5.78 Å². The van der Waals surface area contributed by atoms with E-state index in [1.165, 1.54) is 18.2 Å². The summed E-state index contributed by atoms with van der Waals surface area (Å²) in [6, 6.07) is 3.97. The number of hydrogen-bond acceptors (Lipinski definition) is 5. The number of ketones is 2. The first kappa shape index (κ1) is 18.9. The van der Waals surface area contributed by atoms with E-state index < -0.39 is 22.6 Å². The van der Waals surface area contributed by atoms with Gasteiger partial charge < -0.3 is 9.84 Å². The fourth-order valence-corrected chi connectivity index (χ4v) is 1.57. The standard InChI is InChI=1S/C18H24O5/c1-17(2,3)15(21)10-14(20)12-9-11(7-8-13(12)19)23-16(22)18(4,5)6/h7-9,19H,10H2,1-6H3. The lowest BCUT2D eigenvalue weighted by Gasteiger charge is -2.17. The molecule has 23 heavy (non-hydrogen) atoms. The molecule has 0 bridgehead atoms. The lowest BCUT2D eigenvalue weighted by Crippen LogP contribution is -2.25. The van der Waals surface area contributed by atoms with Crippen molar-refractivity contribution in [1.82, 2.24) is 0 Å². The van der Waals surface area contributed by atoms with Crippen LogP contribution >= 0.6 is 0 Å². The smallest absolute Gasteiger partial charge is 0.316 e. The lowest BCUT2D eigenvalue weighted by atomic mass is 9.87. The molecule has 0 spiro atoms. The number of phenols is 1. The normalized spacial score (nSPS) is 11.9. The van der Waals surface area contributed by atoms with E-state index in [4.69, 9.17) is 4.74 Å². The molecule has 1 aromatic rings. The van der Waals surface area contributed by atoms with E-state index in [0.29, 0.717) is 0 Å². The highest BCUT2D eigenvalue weighted by Crippen LogP contribution is 2.27. The monoisotopic (exact) mass is 320 g/mol. The summed E-state index contributed by atoms with van der Waals surface area (Å²) in [4.78, 5) is 36.1. The van der Waals surface area contributed by atoms with Crippen LogP contribution in [0.25, 0.3) is 0 Å². The summed E-state index contributed by atoms with van der Waals surface area (Å²) in [5.41, 5.74) is -1.35. The van der Waals surface area contributed by atoms with Crippen LogP contribution in [-0.4, -0.2) is 22.6 Å². The second-order valence-corrected chi connectivity index (χ2v) is 7.59. The highest BCUT2D eigenvalue weighted by molar-refractivity contribution is 6.10. The number of benzene rings is 1. The van der Waals surface area contributed by atoms with Crippen molar-refractivity contribution < 1.29 is 24.2 Å². The Bertz CT molecular complexity index is 630. The van der Waals surface area contributed by atoms with Gasteiger partial charge in [-0.25, -0.2) is 0 Å². The largest absolute Gasteiger partial charge is 0.507 e. The molecule has 126 valence electrons. The van der Waals surface area contributed by atoms with E-state index >= 15 is 0 Å². The topological polar surface area (TPSA) is 80.7 Å². The van der Waals surface area contributed by atoms with Gasteiger partial charge in [0, 0.05) is 5.41 Å². The minimum absolute atomic E-state index is 0.0261. The van der Waals surface area contributed by atoms with Crippen LogP contribution in [0.2, 0.25) is 0 Å². The van der Waals surface area contributed by atoms with Gasteiger partial charge in [-0.3, -0.25) is 14.4 Å². The van der Waals surface area contributed by atoms with Crippen LogP contribution in [0, 0.1) is 10.8 Å². The first-order chi connectivity index (χ1) is 10.3. The number of hydrogen-bond donors (Lipinski definition) is 1. The highest BCUT2D eigenvalue weighted by atomic mass is 16.5. The van der Waals surface area contributed by atoms with Crippen molar-refractivity contribution in [2.24, 2.45) is 10.8 Å². The molecule has 0 aliphatic carbocycles. The number of aromatic hydroxyl groups is 1. The van der Waals surface area contributed by atoms with Gasteiger partial charge in [-0.2, -0.15) is 0 Å². The molecule has 1 N–H and O–H groups in total. The van der Waals surface area contributed by atoms with Gasteiger partial charge in [-0.1, -0.05) is 20.8 Å². The van der Waals surface area contributed by atoms with Crippen molar-refractivity contribution in [3.05, 3.63) is 23.8 Å². The zero-order valence-corrected chi connectivity index (χ0v) is 14.5. The molecule has 5 nitrogen and oxygen atoms in total. The third-order valence-electron chi connectivity index (χ3n) is 3.25. The Balaban J connectivity index is 3.00. The van der Waals surface area contributed by atoms with Crippen LogP contribution in [0.5, 0.6) is 11.5 Å². The predicted molar refractivity (Wildman–Crippen MR) is 86.6 cm³/mol. The molecule has 0 aliphatic rings. The van der Waals surface area contributed by atoms with Crippen LogP contribution in [0.1, 0.15) is 58.3 Å². The Hall–Kier alpha value is -2.17. The van der Waals surface area contributed by atoms with Crippen molar-refractivity contribution in [3.8, 4) is 11.5 Å². The van der Waals surface area contributed by atoms with Gasteiger partial charge in [0.2, 0.25) is 0 Å². The van der Waals surface area contributed by atoms with Crippen LogP contribution in [-0.2, 0) is 9.59 Å². The maximum absolute atomic E-state index is 12.2. The quantitative estimate of drug-likeness (QED) is 0.397. The molecule has 0 fully saturated rings. The minimum atomic E-state index is -0.690. The molecular weight excluding hydrogens is 296 g/mol. The Morgan fingerprint density at radius 3 is 2.04 bits per heavy atom. The van der Waals surface area contributed by atoms with Crippen molar-refractivity contribution in [2.45, 2.75) is 48.0 Å². The second-order valence-electron chi connectivity index (χ2n) is 7.59. The van der Waals surface area contributed by atoms with Gasteiger partial charge in [0.25, 0.3) is 0 Å². The fourth-order valence-electron chi connectivity index (χ4n) is 1.57. The molecule has 0 saturated heterocycles. The third kappa shape index (κ3) is 5.20. The molecule has 0 amide bonds. The van der Waals surface area contributed by atoms with Crippen LogP contribution in [0.3, 0.4) is 0 Å². The van der Waals surface area contributed by atoms with Gasteiger partial charge in [0.05, 0.1) is 17.4 Å². The third-order valence-corrected chi connectivity index (χ3v) is 3.25. The van der Waals surface area contributed by atoms with Crippen molar-refractivity contribution in [3.63, 3.8) is 0 Å². The number of rotatable bonds is 4. The van der Waals surface area contributed by atoms with Crippen molar-refractivity contribution in [2.75, 3.05) is 0 Å². The molecule has 0 saturated carbocycles. The molecule has 0 radical (unpaired) electrons. The fraction of sp³-hybridized carbons (Fsp3) is 0.500. The molecule has 5 heteroatoms. The van der Waals surface area contributed by atoms with Crippen molar-refractivity contribution in [1.29, 1.82) is 0 Å². The molecule has 0 unspecified atom stereocenters. The Morgan fingerprint density at radius 1 is 1.00 bits per heavy atom. The Labute approximate surface area is 136 Å². The molecular formula is C18H24O5. The van der Waals surface area contributed by atoms with Crippen LogP contribution in [0.4, 0.5) is 0 Å². The van der Waals surface area contributed by atoms with Gasteiger partial charge >= 0.3 is 5.97 Å². The van der Waals surface area contributed by atoms with E-state index in [9.17, 15) is 19.5 Å². The number of carbonyl (C=O) groups is 3. The van der Waals surface area contributed by atoms with Crippen molar-refractivity contribution >= 4 is 17.5 Å². The highest BCUT2D eigenvalue weighted by Gasteiger charge is 2.27. The zero-order chi connectivity index (χ0) is 18.0. The summed E-state index contributed by atoms with van der Waals surface area (Å²) in [6.07, 6.45) is -0.312. The Kier molecular flexibility index (Phi) is 5.35. The summed E-state index contributed by atoms with van der Waals surface area (Å²) in [6.45, 7) is 10.3. The first-order valence-corrected chi connectivity index (χ1v) is 7.44. The zero-order valence-electron chi connectivity index (χ0n) is 14.5. The number of esters is 1. The van der Waals surface area contributed by atoms with E-state index in [1.54, 1.807) is 41.5 Å². The molecule has 0 atom stereocenters. The van der Waals surface area contributed by atoms with Gasteiger partial charge in [0.1, 0.15) is 17.3 Å². The molecule has 0 aromatic heterocycles. The van der Waals surface area contributed by atoms with E-state index in [2.05, 4.69) is 0 Å². The number of ether oxygens (including phenoxy) is 1. The summed E-state index contributed by atoms with van der Waals surface area (Å²) in [7, 11) is 0. The average Bonchev–Trinajstić information content (AvgIpc) is 2.38. The van der Waals surface area contributed by atoms with Gasteiger partial charge in [-0.15, -0.1) is 0 Å². The minimum Gasteiger partial charge on any atom is -0.507 e. The SMILES string of the molecule is CC(C)(C)C(=O)CC(=O)c1cc(OC(=O)C(C)(C)C)ccc1O. The second kappa shape index (κ2) is 6.52. The van der Waals surface area contributed by atoms with E-state index in [-0.39, 0.29) is 29.3 Å². The van der Waals surface area contributed by atoms with Gasteiger partial charge in [-0.05, 0) is 39.0 Å². The molecule has 0 aliphatic heterocycles. The van der Waals surface area contributed by atoms with Crippen LogP contribution < -0.4 is 4.74 Å². The first-order valence-electron chi connectivity index (χ1n) is 7.44. The summed E-state index contributed by atoms with van der Waals surface area (Å²) in [5.74, 6) is -1.26. The number of carbonyl (C=O) groups excluding carboxylic acids is 3. The average molecular weight is 320 g/mol. The summed E-state index contributed by atoms with van der Waals surface area (Å²) in [5, 5.41) is 9.84.